The molecule has 0 saturated carbocycles. The van der Waals surface area contributed by atoms with Crippen LogP contribution in [0.15, 0.2) is 42.5 Å². The van der Waals surface area contributed by atoms with Crippen LogP contribution in [0.1, 0.15) is 20.8 Å². The molecule has 0 aliphatic carbocycles. The molecule has 3 N–H and O–H groups in total. The molecular weight excluding hydrogens is 264 g/mol. The first-order valence-corrected chi connectivity index (χ1v) is 7.14. The molecule has 4 heteroatoms. The molecule has 0 aromatic heterocycles. The minimum atomic E-state index is 0.107. The molecule has 2 rings (SSSR count). The molecule has 0 radical (unpaired) electrons. The molecule has 0 amide bonds. The third kappa shape index (κ3) is 4.31. The highest BCUT2D eigenvalue weighted by Crippen LogP contribution is 2.30. The summed E-state index contributed by atoms with van der Waals surface area (Å²) in [4.78, 5) is 0. The van der Waals surface area contributed by atoms with Crippen LogP contribution in [-0.2, 0) is 0 Å². The first-order chi connectivity index (χ1) is 10.1. The summed E-state index contributed by atoms with van der Waals surface area (Å²) in [6.07, 6.45) is 0.107. The lowest BCUT2D eigenvalue weighted by molar-refractivity contribution is 0.242. The Labute approximate surface area is 125 Å². The maximum Gasteiger partial charge on any atom is 0.142 e. The monoisotopic (exact) mass is 286 g/mol. The van der Waals surface area contributed by atoms with Crippen molar-refractivity contribution in [3.63, 3.8) is 0 Å². The molecule has 2 aromatic carbocycles. The van der Waals surface area contributed by atoms with Gasteiger partial charge in [0, 0.05) is 23.5 Å². The fraction of sp³-hybridized carbons (Fsp3) is 0.294. The number of para-hydroxylation sites is 2. The van der Waals surface area contributed by atoms with Gasteiger partial charge < -0.3 is 20.5 Å². The van der Waals surface area contributed by atoms with Crippen molar-refractivity contribution in [2.24, 2.45) is 0 Å². The lowest BCUT2D eigenvalue weighted by atomic mass is 10.2. The van der Waals surface area contributed by atoms with Crippen LogP contribution in [0, 0.1) is 0 Å². The van der Waals surface area contributed by atoms with E-state index in [0.29, 0.717) is 12.3 Å². The second kappa shape index (κ2) is 6.88. The van der Waals surface area contributed by atoms with Crippen molar-refractivity contribution in [2.75, 3.05) is 17.7 Å². The first-order valence-electron chi connectivity index (χ1n) is 7.14. The number of nitrogen functional groups attached to an aromatic ring is 1. The molecule has 0 atom stereocenters. The highest BCUT2D eigenvalue weighted by molar-refractivity contribution is 5.70. The predicted molar refractivity (Wildman–Crippen MR) is 87.5 cm³/mol. The Hall–Kier alpha value is -2.36. The lowest BCUT2D eigenvalue weighted by Crippen LogP contribution is -2.06. The molecule has 0 heterocycles. The topological polar surface area (TPSA) is 56.5 Å². The van der Waals surface area contributed by atoms with E-state index in [1.165, 1.54) is 0 Å². The summed E-state index contributed by atoms with van der Waals surface area (Å²) < 4.78 is 11.3. The van der Waals surface area contributed by atoms with E-state index in [9.17, 15) is 0 Å². The van der Waals surface area contributed by atoms with Crippen LogP contribution in [0.4, 0.5) is 17.1 Å². The van der Waals surface area contributed by atoms with E-state index in [-0.39, 0.29) is 6.10 Å². The molecule has 0 saturated heterocycles. The normalized spacial score (nSPS) is 10.5. The summed E-state index contributed by atoms with van der Waals surface area (Å²) in [6.45, 7) is 6.56. The Morgan fingerprint density at radius 1 is 1.14 bits per heavy atom. The highest BCUT2D eigenvalue weighted by atomic mass is 16.5. The van der Waals surface area contributed by atoms with Crippen LogP contribution in [0.2, 0.25) is 0 Å². The van der Waals surface area contributed by atoms with Crippen molar-refractivity contribution >= 4 is 17.1 Å². The summed E-state index contributed by atoms with van der Waals surface area (Å²) >= 11 is 0. The SMILES string of the molecule is CCOc1ccccc1Nc1cc(N)cc(OC(C)C)c1. The van der Waals surface area contributed by atoms with Gasteiger partial charge in [0.05, 0.1) is 18.4 Å². The summed E-state index contributed by atoms with van der Waals surface area (Å²) in [5.41, 5.74) is 8.37. The van der Waals surface area contributed by atoms with Gasteiger partial charge in [0.2, 0.25) is 0 Å². The molecule has 0 unspecified atom stereocenters. The number of ether oxygens (including phenoxy) is 2. The van der Waals surface area contributed by atoms with E-state index in [2.05, 4.69) is 5.32 Å². The summed E-state index contributed by atoms with van der Waals surface area (Å²) in [5, 5.41) is 3.33. The second-order valence-corrected chi connectivity index (χ2v) is 5.01. The minimum Gasteiger partial charge on any atom is -0.492 e. The van der Waals surface area contributed by atoms with Gasteiger partial charge in [-0.3, -0.25) is 0 Å². The quantitative estimate of drug-likeness (QED) is 0.781. The zero-order valence-electron chi connectivity index (χ0n) is 12.7. The number of nitrogens with one attached hydrogen (secondary N) is 1. The Balaban J connectivity index is 2.25. The van der Waals surface area contributed by atoms with Gasteiger partial charge in [-0.05, 0) is 39.0 Å². The van der Waals surface area contributed by atoms with E-state index in [0.717, 1.165) is 22.9 Å². The molecule has 2 aromatic rings. The van der Waals surface area contributed by atoms with E-state index in [1.807, 2.05) is 63.2 Å². The van der Waals surface area contributed by atoms with E-state index in [1.54, 1.807) is 0 Å². The number of hydrogen-bond donors (Lipinski definition) is 2. The molecule has 21 heavy (non-hydrogen) atoms. The Morgan fingerprint density at radius 2 is 1.90 bits per heavy atom. The second-order valence-electron chi connectivity index (χ2n) is 5.01. The van der Waals surface area contributed by atoms with Gasteiger partial charge in [-0.1, -0.05) is 12.1 Å². The van der Waals surface area contributed by atoms with Gasteiger partial charge in [-0.2, -0.15) is 0 Å². The zero-order chi connectivity index (χ0) is 15.2. The maximum atomic E-state index is 5.93. The summed E-state index contributed by atoms with van der Waals surface area (Å²) in [5.74, 6) is 1.56. The smallest absolute Gasteiger partial charge is 0.142 e. The van der Waals surface area contributed by atoms with Crippen molar-refractivity contribution < 1.29 is 9.47 Å². The van der Waals surface area contributed by atoms with Crippen LogP contribution >= 0.6 is 0 Å². The largest absolute Gasteiger partial charge is 0.492 e. The molecule has 112 valence electrons. The van der Waals surface area contributed by atoms with Gasteiger partial charge >= 0.3 is 0 Å². The third-order valence-corrected chi connectivity index (χ3v) is 2.77. The van der Waals surface area contributed by atoms with Crippen LogP contribution in [0.25, 0.3) is 0 Å². The van der Waals surface area contributed by atoms with Crippen LogP contribution in [0.3, 0.4) is 0 Å². The average Bonchev–Trinajstić information content (AvgIpc) is 2.40. The Morgan fingerprint density at radius 3 is 2.62 bits per heavy atom. The Kier molecular flexibility index (Phi) is 4.93. The van der Waals surface area contributed by atoms with Gasteiger partial charge in [0.15, 0.2) is 0 Å². The average molecular weight is 286 g/mol. The number of rotatable bonds is 6. The standard InChI is InChI=1S/C17H22N2O2/c1-4-20-17-8-6-5-7-16(17)19-14-9-13(18)10-15(11-14)21-12(2)3/h5-12,19H,4,18H2,1-3H3. The minimum absolute atomic E-state index is 0.107. The maximum absolute atomic E-state index is 5.93. The third-order valence-electron chi connectivity index (χ3n) is 2.77. The number of anilines is 3. The van der Waals surface area contributed by atoms with Gasteiger partial charge in [0.1, 0.15) is 11.5 Å². The molecule has 0 aliphatic rings. The van der Waals surface area contributed by atoms with Crippen molar-refractivity contribution in [3.8, 4) is 11.5 Å². The van der Waals surface area contributed by atoms with Crippen molar-refractivity contribution in [3.05, 3.63) is 42.5 Å². The van der Waals surface area contributed by atoms with E-state index in [4.69, 9.17) is 15.2 Å². The van der Waals surface area contributed by atoms with E-state index >= 15 is 0 Å². The molecule has 0 fully saturated rings. The summed E-state index contributed by atoms with van der Waals surface area (Å²) in [7, 11) is 0. The fourth-order valence-corrected chi connectivity index (χ4v) is 2.04. The van der Waals surface area contributed by atoms with Crippen molar-refractivity contribution in [2.45, 2.75) is 26.9 Å². The van der Waals surface area contributed by atoms with Gasteiger partial charge in [-0.15, -0.1) is 0 Å². The van der Waals surface area contributed by atoms with E-state index < -0.39 is 0 Å². The summed E-state index contributed by atoms with van der Waals surface area (Å²) in [6, 6.07) is 13.4. The number of nitrogens with two attached hydrogens (primary N) is 1. The molecule has 0 aliphatic heterocycles. The van der Waals surface area contributed by atoms with Crippen molar-refractivity contribution in [1.29, 1.82) is 0 Å². The first kappa shape index (κ1) is 15.0. The number of hydrogen-bond acceptors (Lipinski definition) is 4. The van der Waals surface area contributed by atoms with Crippen LogP contribution in [0.5, 0.6) is 11.5 Å². The van der Waals surface area contributed by atoms with Crippen LogP contribution < -0.4 is 20.5 Å². The lowest BCUT2D eigenvalue weighted by Gasteiger charge is -2.15. The Bertz CT molecular complexity index is 597. The van der Waals surface area contributed by atoms with Crippen LogP contribution in [-0.4, -0.2) is 12.7 Å². The predicted octanol–water partition coefficient (Wildman–Crippen LogP) is 4.20. The number of benzene rings is 2. The molecule has 0 spiro atoms. The van der Waals surface area contributed by atoms with Gasteiger partial charge in [-0.25, -0.2) is 0 Å². The zero-order valence-corrected chi connectivity index (χ0v) is 12.7. The molecule has 4 nitrogen and oxygen atoms in total. The molecular formula is C17H22N2O2. The van der Waals surface area contributed by atoms with Gasteiger partial charge in [0.25, 0.3) is 0 Å². The van der Waals surface area contributed by atoms with Crippen molar-refractivity contribution in [1.82, 2.24) is 0 Å². The molecule has 0 bridgehead atoms. The fourth-order valence-electron chi connectivity index (χ4n) is 2.04. The highest BCUT2D eigenvalue weighted by Gasteiger charge is 2.06.